The van der Waals surface area contributed by atoms with Gasteiger partial charge in [-0.2, -0.15) is 0 Å². The van der Waals surface area contributed by atoms with Crippen LogP contribution in [0.15, 0.2) is 11.6 Å². The summed E-state index contributed by atoms with van der Waals surface area (Å²) in [6.07, 6.45) is 9.36. The molecule has 5 atom stereocenters. The zero-order chi connectivity index (χ0) is 21.2. The van der Waals surface area contributed by atoms with Crippen molar-refractivity contribution in [3.63, 3.8) is 0 Å². The predicted molar refractivity (Wildman–Crippen MR) is 107 cm³/mol. The van der Waals surface area contributed by atoms with Crippen LogP contribution in [-0.2, 0) is 28.6 Å². The van der Waals surface area contributed by atoms with Crippen molar-refractivity contribution < 1.29 is 28.6 Å². The topological polar surface area (TPSA) is 78.9 Å². The summed E-state index contributed by atoms with van der Waals surface area (Å²) in [5.74, 6) is -0.572. The van der Waals surface area contributed by atoms with Crippen molar-refractivity contribution in [1.29, 1.82) is 0 Å². The van der Waals surface area contributed by atoms with Gasteiger partial charge >= 0.3 is 17.9 Å². The molecule has 0 amide bonds. The first-order chi connectivity index (χ1) is 13.6. The molecule has 1 spiro atoms. The number of hydrogen-bond donors (Lipinski definition) is 0. The zero-order valence-electron chi connectivity index (χ0n) is 18.1. The molecule has 2 saturated carbocycles. The average molecular weight is 407 g/mol. The van der Waals surface area contributed by atoms with Gasteiger partial charge in [0.05, 0.1) is 0 Å². The number of ether oxygens (including phenoxy) is 3. The second kappa shape index (κ2) is 8.49. The Morgan fingerprint density at radius 3 is 2.52 bits per heavy atom. The highest BCUT2D eigenvalue weighted by Crippen LogP contribution is 2.50. The summed E-state index contributed by atoms with van der Waals surface area (Å²) in [4.78, 5) is 34.7. The van der Waals surface area contributed by atoms with E-state index in [-0.39, 0.29) is 41.4 Å². The molecule has 162 valence electrons. The molecule has 3 aliphatic rings. The summed E-state index contributed by atoms with van der Waals surface area (Å²) in [5.41, 5.74) is 0.672. The Kier molecular flexibility index (Phi) is 6.39. The maximum atomic E-state index is 11.9. The average Bonchev–Trinajstić information content (AvgIpc) is 3.26. The normalized spacial score (nSPS) is 37.0. The summed E-state index contributed by atoms with van der Waals surface area (Å²) >= 11 is 0. The summed E-state index contributed by atoms with van der Waals surface area (Å²) in [6.45, 7) is 7.20. The van der Waals surface area contributed by atoms with Gasteiger partial charge in [-0.05, 0) is 51.9 Å². The van der Waals surface area contributed by atoms with Crippen LogP contribution in [0.25, 0.3) is 0 Å². The van der Waals surface area contributed by atoms with Gasteiger partial charge in [-0.3, -0.25) is 14.4 Å². The molecule has 3 fully saturated rings. The molecule has 0 unspecified atom stereocenters. The van der Waals surface area contributed by atoms with E-state index in [9.17, 15) is 14.4 Å². The van der Waals surface area contributed by atoms with E-state index in [1.54, 1.807) is 0 Å². The zero-order valence-corrected chi connectivity index (χ0v) is 18.1. The van der Waals surface area contributed by atoms with Crippen LogP contribution in [0, 0.1) is 11.3 Å². The van der Waals surface area contributed by atoms with Crippen molar-refractivity contribution in [2.24, 2.45) is 11.3 Å². The van der Waals surface area contributed by atoms with Crippen LogP contribution in [-0.4, -0.2) is 35.7 Å². The second-order valence-corrected chi connectivity index (χ2v) is 9.39. The molecule has 0 aromatic rings. The molecule has 6 nitrogen and oxygen atoms in total. The molecular formula is C23H34O6. The molecule has 1 aliphatic heterocycles. The minimum absolute atomic E-state index is 0.00402. The van der Waals surface area contributed by atoms with Crippen molar-refractivity contribution in [3.8, 4) is 0 Å². The number of carbonyl (C=O) groups is 3. The highest BCUT2D eigenvalue weighted by atomic mass is 16.6. The third-order valence-electron chi connectivity index (χ3n) is 7.14. The quantitative estimate of drug-likeness (QED) is 0.373. The minimum Gasteiger partial charge on any atom is -0.462 e. The summed E-state index contributed by atoms with van der Waals surface area (Å²) in [7, 11) is 0. The van der Waals surface area contributed by atoms with Crippen molar-refractivity contribution in [1.82, 2.24) is 0 Å². The third-order valence-corrected chi connectivity index (χ3v) is 7.14. The van der Waals surface area contributed by atoms with Gasteiger partial charge in [-0.25, -0.2) is 0 Å². The van der Waals surface area contributed by atoms with E-state index in [0.29, 0.717) is 25.7 Å². The third kappa shape index (κ3) is 4.84. The maximum absolute atomic E-state index is 11.9. The van der Waals surface area contributed by atoms with E-state index in [1.807, 2.05) is 0 Å². The molecule has 0 aromatic carbocycles. The number of rotatable bonds is 6. The van der Waals surface area contributed by atoms with Gasteiger partial charge in [-0.1, -0.05) is 18.6 Å². The molecule has 0 bridgehead atoms. The lowest BCUT2D eigenvalue weighted by molar-refractivity contribution is -0.153. The van der Waals surface area contributed by atoms with E-state index in [4.69, 9.17) is 14.2 Å². The molecule has 0 N–H and O–H groups in total. The second-order valence-electron chi connectivity index (χ2n) is 9.39. The van der Waals surface area contributed by atoms with E-state index in [2.05, 4.69) is 19.9 Å². The smallest absolute Gasteiger partial charge is 0.306 e. The van der Waals surface area contributed by atoms with E-state index in [1.165, 1.54) is 19.4 Å². The number of esters is 3. The van der Waals surface area contributed by atoms with Gasteiger partial charge in [-0.15, -0.1) is 0 Å². The highest BCUT2D eigenvalue weighted by Gasteiger charge is 2.54. The first-order valence-corrected chi connectivity index (χ1v) is 10.9. The van der Waals surface area contributed by atoms with Crippen LogP contribution >= 0.6 is 0 Å². The van der Waals surface area contributed by atoms with Gasteiger partial charge in [0.2, 0.25) is 0 Å². The SMILES string of the molecule is CC(=O)O[C@H]1C[C@H](/C(C)=C/CC[C@@]2(C)CCC[C@@H]2OC(C)=O)[C@@]2(CCC(=O)O2)C1. The molecule has 0 aromatic heterocycles. The maximum Gasteiger partial charge on any atom is 0.306 e. The van der Waals surface area contributed by atoms with Crippen molar-refractivity contribution >= 4 is 17.9 Å². The van der Waals surface area contributed by atoms with Crippen molar-refractivity contribution in [2.75, 3.05) is 0 Å². The highest BCUT2D eigenvalue weighted by molar-refractivity contribution is 5.72. The first-order valence-electron chi connectivity index (χ1n) is 10.9. The molecule has 29 heavy (non-hydrogen) atoms. The molecule has 0 radical (unpaired) electrons. The Labute approximate surface area is 173 Å². The fourth-order valence-electron chi connectivity index (χ4n) is 5.71. The van der Waals surface area contributed by atoms with Crippen LogP contribution in [0.1, 0.15) is 85.5 Å². The number of hydrogen-bond acceptors (Lipinski definition) is 6. The van der Waals surface area contributed by atoms with Gasteiger partial charge in [0.15, 0.2) is 0 Å². The van der Waals surface area contributed by atoms with Gasteiger partial charge in [0.1, 0.15) is 17.8 Å². The predicted octanol–water partition coefficient (Wildman–Crippen LogP) is 4.25. The number of allylic oxidation sites excluding steroid dienone is 1. The lowest BCUT2D eigenvalue weighted by Gasteiger charge is -2.32. The minimum atomic E-state index is -0.532. The van der Waals surface area contributed by atoms with Gasteiger partial charge < -0.3 is 14.2 Å². The van der Waals surface area contributed by atoms with Crippen LogP contribution in [0.4, 0.5) is 0 Å². The van der Waals surface area contributed by atoms with Crippen molar-refractivity contribution in [3.05, 3.63) is 11.6 Å². The standard InChI is InChI=1S/C23H34O6/c1-15(7-5-10-22(4)11-6-8-20(22)28-17(3)25)19-13-18(27-16(2)24)14-23(19)12-9-21(26)29-23/h7,18-20H,5-6,8-14H2,1-4H3/b15-7+/t18-,19+,20-,22-,23+/m0/s1. The summed E-state index contributed by atoms with van der Waals surface area (Å²) < 4.78 is 16.8. The summed E-state index contributed by atoms with van der Waals surface area (Å²) in [6, 6.07) is 0. The van der Waals surface area contributed by atoms with E-state index < -0.39 is 5.60 Å². The Bertz CT molecular complexity index is 697. The molecule has 1 saturated heterocycles. The fourth-order valence-corrected chi connectivity index (χ4v) is 5.71. The van der Waals surface area contributed by atoms with Gasteiger partial charge in [0, 0.05) is 38.0 Å². The largest absolute Gasteiger partial charge is 0.462 e. The Balaban J connectivity index is 1.66. The van der Waals surface area contributed by atoms with Gasteiger partial charge in [0.25, 0.3) is 0 Å². The van der Waals surface area contributed by atoms with Crippen LogP contribution < -0.4 is 0 Å². The molecule has 6 heteroatoms. The van der Waals surface area contributed by atoms with Crippen molar-refractivity contribution in [2.45, 2.75) is 103 Å². The molecule has 1 heterocycles. The Morgan fingerprint density at radius 1 is 1.17 bits per heavy atom. The van der Waals surface area contributed by atoms with Crippen LogP contribution in [0.2, 0.25) is 0 Å². The number of carbonyl (C=O) groups excluding carboxylic acids is 3. The van der Waals surface area contributed by atoms with Crippen LogP contribution in [0.5, 0.6) is 0 Å². The first kappa shape index (κ1) is 21.8. The Morgan fingerprint density at radius 2 is 1.90 bits per heavy atom. The monoisotopic (exact) mass is 406 g/mol. The van der Waals surface area contributed by atoms with Crippen LogP contribution in [0.3, 0.4) is 0 Å². The molecular weight excluding hydrogens is 372 g/mol. The van der Waals surface area contributed by atoms with E-state index >= 15 is 0 Å². The molecule has 3 rings (SSSR count). The van der Waals surface area contributed by atoms with E-state index in [0.717, 1.165) is 32.1 Å². The fraction of sp³-hybridized carbons (Fsp3) is 0.783. The lowest BCUT2D eigenvalue weighted by atomic mass is 9.79. The Hall–Kier alpha value is -1.85. The molecule has 2 aliphatic carbocycles. The lowest BCUT2D eigenvalue weighted by Crippen LogP contribution is -2.34. The summed E-state index contributed by atoms with van der Waals surface area (Å²) in [5, 5.41) is 0.